The van der Waals surface area contributed by atoms with Gasteiger partial charge in [-0.2, -0.15) is 0 Å². The molecule has 4 rings (SSSR count). The maximum Gasteiger partial charge on any atom is 0.240 e. The number of carbonyl (C=O) groups excluding carboxylic acids is 1. The van der Waals surface area contributed by atoms with Crippen LogP contribution in [0.4, 0.5) is 5.69 Å². The monoisotopic (exact) mass is 473 g/mol. The third-order valence-corrected chi connectivity index (χ3v) is 7.82. The molecule has 2 aromatic carbocycles. The van der Waals surface area contributed by atoms with E-state index in [9.17, 15) is 18.3 Å². The smallest absolute Gasteiger partial charge is 0.240 e. The summed E-state index contributed by atoms with van der Waals surface area (Å²) in [5.74, 6) is 0.0349. The van der Waals surface area contributed by atoms with E-state index >= 15 is 0 Å². The zero-order valence-electron chi connectivity index (χ0n) is 18.5. The van der Waals surface area contributed by atoms with E-state index in [1.54, 1.807) is 18.2 Å². The number of nitrogens with one attached hydrogen (secondary N) is 1. The van der Waals surface area contributed by atoms with Gasteiger partial charge in [-0.25, -0.2) is 13.1 Å². The van der Waals surface area contributed by atoms with Crippen LogP contribution in [0.25, 0.3) is 0 Å². The lowest BCUT2D eigenvalue weighted by Crippen LogP contribution is -2.52. The van der Waals surface area contributed by atoms with Crippen LogP contribution in [0.15, 0.2) is 65.6 Å². The highest BCUT2D eigenvalue weighted by Crippen LogP contribution is 2.25. The van der Waals surface area contributed by atoms with Crippen LogP contribution in [-0.4, -0.2) is 75.4 Å². The Balaban J connectivity index is 1.28. The number of anilines is 1. The van der Waals surface area contributed by atoms with Crippen LogP contribution in [0.3, 0.4) is 0 Å². The molecule has 3 atom stereocenters. The van der Waals surface area contributed by atoms with Gasteiger partial charge in [0.15, 0.2) is 0 Å². The van der Waals surface area contributed by atoms with Crippen molar-refractivity contribution in [2.24, 2.45) is 0 Å². The maximum atomic E-state index is 12.9. The highest BCUT2D eigenvalue weighted by molar-refractivity contribution is 7.89. The van der Waals surface area contributed by atoms with Gasteiger partial charge in [0, 0.05) is 31.9 Å². The molecule has 0 aromatic heterocycles. The van der Waals surface area contributed by atoms with Crippen molar-refractivity contribution in [3.05, 3.63) is 60.7 Å². The number of hydrogen-bond acceptors (Lipinski definition) is 6. The van der Waals surface area contributed by atoms with Gasteiger partial charge in [0.25, 0.3) is 0 Å². The lowest BCUT2D eigenvalue weighted by Gasteiger charge is -2.38. The topological polar surface area (TPSA) is 99.2 Å². The van der Waals surface area contributed by atoms with Crippen LogP contribution in [0.5, 0.6) is 0 Å². The number of piperazine rings is 1. The number of aliphatic hydroxyl groups excluding tert-OH is 1. The van der Waals surface area contributed by atoms with E-state index in [-0.39, 0.29) is 29.9 Å². The van der Waals surface area contributed by atoms with Crippen molar-refractivity contribution in [2.75, 3.05) is 37.7 Å². The molecule has 0 radical (unpaired) electrons. The molecule has 2 aliphatic heterocycles. The number of sulfonamides is 1. The molecule has 2 heterocycles. The Morgan fingerprint density at radius 1 is 0.970 bits per heavy atom. The predicted molar refractivity (Wildman–Crippen MR) is 125 cm³/mol. The third-order valence-electron chi connectivity index (χ3n) is 6.31. The number of amides is 1. The summed E-state index contributed by atoms with van der Waals surface area (Å²) in [6.07, 6.45) is 0.259. The summed E-state index contributed by atoms with van der Waals surface area (Å²) in [5.41, 5.74) is 1.16. The fourth-order valence-electron chi connectivity index (χ4n) is 4.46. The van der Waals surface area contributed by atoms with Crippen LogP contribution in [-0.2, 0) is 19.6 Å². The number of para-hydroxylation sites is 1. The van der Waals surface area contributed by atoms with Crippen molar-refractivity contribution >= 4 is 21.6 Å². The molecular formula is C24H31N3O5S. The molecule has 1 amide bonds. The van der Waals surface area contributed by atoms with Gasteiger partial charge in [0.2, 0.25) is 15.9 Å². The molecule has 178 valence electrons. The first-order valence-electron chi connectivity index (χ1n) is 11.4. The number of benzene rings is 2. The van der Waals surface area contributed by atoms with Gasteiger partial charge in [-0.15, -0.1) is 0 Å². The number of nitrogens with zero attached hydrogens (tertiary/aromatic N) is 2. The van der Waals surface area contributed by atoms with E-state index in [0.717, 1.165) is 18.8 Å². The Labute approximate surface area is 195 Å². The van der Waals surface area contributed by atoms with Crippen LogP contribution >= 0.6 is 0 Å². The minimum atomic E-state index is -3.71. The van der Waals surface area contributed by atoms with E-state index < -0.39 is 22.2 Å². The van der Waals surface area contributed by atoms with Crippen LogP contribution in [0, 0.1) is 0 Å². The maximum absolute atomic E-state index is 12.9. The Morgan fingerprint density at radius 2 is 1.61 bits per heavy atom. The Morgan fingerprint density at radius 3 is 2.24 bits per heavy atom. The second-order valence-corrected chi connectivity index (χ2v) is 10.2. The first-order valence-corrected chi connectivity index (χ1v) is 12.9. The molecule has 0 bridgehead atoms. The summed E-state index contributed by atoms with van der Waals surface area (Å²) in [4.78, 5) is 17.2. The average molecular weight is 474 g/mol. The first kappa shape index (κ1) is 23.7. The molecule has 0 aliphatic carbocycles. The molecule has 2 fully saturated rings. The van der Waals surface area contributed by atoms with Gasteiger partial charge in [-0.1, -0.05) is 36.4 Å². The standard InChI is InChI=1S/C24H31N3O5S/c28-18-23-22(25-33(30,31)21-9-5-2-6-10-21)12-11-20(32-23)17-24(29)27-15-13-26(14-16-27)19-7-3-1-4-8-19/h1-10,20,22-23,25,28H,11-18H2/t20-,22+,23-/m1/s1. The quantitative estimate of drug-likeness (QED) is 0.634. The molecule has 8 nitrogen and oxygen atoms in total. The largest absolute Gasteiger partial charge is 0.394 e. The molecule has 0 saturated carbocycles. The highest BCUT2D eigenvalue weighted by atomic mass is 32.2. The minimum absolute atomic E-state index is 0.0349. The average Bonchev–Trinajstić information content (AvgIpc) is 2.86. The number of hydrogen-bond donors (Lipinski definition) is 2. The van der Waals surface area contributed by atoms with Gasteiger partial charge in [0.05, 0.1) is 36.2 Å². The van der Waals surface area contributed by atoms with Crippen molar-refractivity contribution in [3.63, 3.8) is 0 Å². The number of aliphatic hydroxyl groups is 1. The summed E-state index contributed by atoms with van der Waals surface area (Å²) in [7, 11) is -3.71. The highest BCUT2D eigenvalue weighted by Gasteiger charge is 2.35. The van der Waals surface area contributed by atoms with Gasteiger partial charge in [-0.05, 0) is 37.1 Å². The predicted octanol–water partition coefficient (Wildman–Crippen LogP) is 1.61. The van der Waals surface area contributed by atoms with E-state index in [4.69, 9.17) is 4.74 Å². The minimum Gasteiger partial charge on any atom is -0.394 e. The molecule has 0 unspecified atom stereocenters. The zero-order chi connectivity index (χ0) is 23.3. The first-order chi connectivity index (χ1) is 16.0. The fraction of sp³-hybridized carbons (Fsp3) is 0.458. The number of rotatable bonds is 7. The molecule has 33 heavy (non-hydrogen) atoms. The summed E-state index contributed by atoms with van der Waals surface area (Å²) in [5, 5.41) is 9.81. The summed E-state index contributed by atoms with van der Waals surface area (Å²) in [6.45, 7) is 2.56. The normalized spacial score (nSPS) is 24.0. The van der Waals surface area contributed by atoms with Crippen molar-refractivity contribution in [2.45, 2.75) is 42.4 Å². The van der Waals surface area contributed by atoms with Crippen molar-refractivity contribution in [1.82, 2.24) is 9.62 Å². The van der Waals surface area contributed by atoms with Crippen LogP contribution < -0.4 is 9.62 Å². The Kier molecular flexibility index (Phi) is 7.64. The molecule has 9 heteroatoms. The summed E-state index contributed by atoms with van der Waals surface area (Å²) < 4.78 is 33.9. The van der Waals surface area contributed by atoms with E-state index in [1.165, 1.54) is 12.1 Å². The van der Waals surface area contributed by atoms with Gasteiger partial charge >= 0.3 is 0 Å². The van der Waals surface area contributed by atoms with E-state index in [2.05, 4.69) is 21.8 Å². The third kappa shape index (κ3) is 5.92. The summed E-state index contributed by atoms with van der Waals surface area (Å²) >= 11 is 0. The molecule has 0 spiro atoms. The van der Waals surface area contributed by atoms with Crippen molar-refractivity contribution in [1.29, 1.82) is 0 Å². The Bertz CT molecular complexity index is 1010. The lowest BCUT2D eigenvalue weighted by atomic mass is 9.97. The van der Waals surface area contributed by atoms with E-state index in [0.29, 0.717) is 25.9 Å². The van der Waals surface area contributed by atoms with Crippen LogP contribution in [0.2, 0.25) is 0 Å². The van der Waals surface area contributed by atoms with Crippen LogP contribution in [0.1, 0.15) is 19.3 Å². The summed E-state index contributed by atoms with van der Waals surface area (Å²) in [6, 6.07) is 17.8. The lowest BCUT2D eigenvalue weighted by molar-refractivity contribution is -0.140. The molecule has 2 saturated heterocycles. The molecular weight excluding hydrogens is 442 g/mol. The van der Waals surface area contributed by atoms with Crippen molar-refractivity contribution < 1.29 is 23.1 Å². The second-order valence-electron chi connectivity index (χ2n) is 8.50. The van der Waals surface area contributed by atoms with Gasteiger partial charge < -0.3 is 19.6 Å². The van der Waals surface area contributed by atoms with Gasteiger partial charge in [-0.3, -0.25) is 4.79 Å². The molecule has 2 aliphatic rings. The molecule has 2 aromatic rings. The van der Waals surface area contributed by atoms with Gasteiger partial charge in [0.1, 0.15) is 0 Å². The number of ether oxygens (including phenoxy) is 1. The van der Waals surface area contributed by atoms with Crippen molar-refractivity contribution in [3.8, 4) is 0 Å². The Hall–Kier alpha value is -2.46. The SMILES string of the molecule is O=C(C[C@H]1CC[C@H](NS(=O)(=O)c2ccccc2)[C@@H](CO)O1)N1CCN(c2ccccc2)CC1. The van der Waals surface area contributed by atoms with E-state index in [1.807, 2.05) is 23.1 Å². The molecule has 2 N–H and O–H groups in total. The fourth-order valence-corrected chi connectivity index (χ4v) is 5.78. The second kappa shape index (κ2) is 10.6. The zero-order valence-corrected chi connectivity index (χ0v) is 19.4. The number of carbonyl (C=O) groups is 1.